The molecule has 1 heterocycles. The molecule has 0 amide bonds. The lowest BCUT2D eigenvalue weighted by atomic mass is 10.1. The van der Waals surface area contributed by atoms with Gasteiger partial charge in [-0.3, -0.25) is 4.98 Å². The number of benzene rings is 2. The van der Waals surface area contributed by atoms with Crippen LogP contribution in [0.5, 0.6) is 0 Å². The summed E-state index contributed by atoms with van der Waals surface area (Å²) in [5.41, 5.74) is 3.81. The van der Waals surface area contributed by atoms with Crippen molar-refractivity contribution in [2.24, 2.45) is 0 Å². The topological polar surface area (TPSA) is 24.9 Å². The van der Waals surface area contributed by atoms with Crippen molar-refractivity contribution >= 4 is 16.5 Å². The average molecular weight is 262 g/mol. The number of nitrogens with zero attached hydrogens (tertiary/aromatic N) is 1. The van der Waals surface area contributed by atoms with Crippen LogP contribution in [0, 0.1) is 0 Å². The zero-order valence-corrected chi connectivity index (χ0v) is 11.6. The molecule has 2 nitrogen and oxygen atoms in total. The Balaban J connectivity index is 1.79. The summed E-state index contributed by atoms with van der Waals surface area (Å²) in [5, 5.41) is 5.88. The highest BCUT2D eigenvalue weighted by atomic mass is 14.9. The Morgan fingerprint density at radius 3 is 2.55 bits per heavy atom. The van der Waals surface area contributed by atoms with Gasteiger partial charge in [-0.15, -0.1) is 0 Å². The average Bonchev–Trinajstić information content (AvgIpc) is 2.53. The third-order valence-electron chi connectivity index (χ3n) is 3.60. The van der Waals surface area contributed by atoms with E-state index in [4.69, 9.17) is 0 Å². The summed E-state index contributed by atoms with van der Waals surface area (Å²) < 4.78 is 0. The Morgan fingerprint density at radius 1 is 0.950 bits per heavy atom. The lowest BCUT2D eigenvalue weighted by molar-refractivity contribution is 1.11. The minimum atomic E-state index is 0.831. The number of aryl methyl sites for hydroxylation is 1. The Labute approximate surface area is 119 Å². The molecule has 100 valence electrons. The van der Waals surface area contributed by atoms with Gasteiger partial charge in [0.2, 0.25) is 0 Å². The van der Waals surface area contributed by atoms with E-state index in [1.54, 1.807) is 0 Å². The van der Waals surface area contributed by atoms with Crippen molar-refractivity contribution in [1.82, 2.24) is 4.98 Å². The van der Waals surface area contributed by atoms with Gasteiger partial charge >= 0.3 is 0 Å². The molecule has 20 heavy (non-hydrogen) atoms. The number of fused-ring (bicyclic) bond motifs is 1. The van der Waals surface area contributed by atoms with Crippen LogP contribution in [0.3, 0.4) is 0 Å². The van der Waals surface area contributed by atoms with Crippen LogP contribution in [-0.4, -0.2) is 4.98 Å². The quantitative estimate of drug-likeness (QED) is 0.753. The second kappa shape index (κ2) is 5.74. The first-order chi connectivity index (χ1) is 9.86. The molecule has 1 aromatic heterocycles. The smallest absolute Gasteiger partial charge is 0.0438 e. The zero-order valence-electron chi connectivity index (χ0n) is 11.6. The van der Waals surface area contributed by atoms with Crippen LogP contribution >= 0.6 is 0 Å². The van der Waals surface area contributed by atoms with Crippen molar-refractivity contribution < 1.29 is 0 Å². The van der Waals surface area contributed by atoms with Crippen molar-refractivity contribution in [2.45, 2.75) is 19.9 Å². The fourth-order valence-electron chi connectivity index (χ4n) is 2.36. The highest BCUT2D eigenvalue weighted by Crippen LogP contribution is 2.22. The maximum atomic E-state index is 4.21. The summed E-state index contributed by atoms with van der Waals surface area (Å²) in [6, 6.07) is 17.1. The maximum Gasteiger partial charge on any atom is 0.0438 e. The molecule has 0 saturated carbocycles. The SMILES string of the molecule is CCc1ccc(CNc2cccc3ccncc23)cc1. The van der Waals surface area contributed by atoms with Crippen LogP contribution < -0.4 is 5.32 Å². The van der Waals surface area contributed by atoms with Crippen molar-refractivity contribution in [3.63, 3.8) is 0 Å². The number of pyridine rings is 1. The number of rotatable bonds is 4. The van der Waals surface area contributed by atoms with E-state index in [2.05, 4.69) is 59.7 Å². The van der Waals surface area contributed by atoms with E-state index < -0.39 is 0 Å². The molecule has 0 unspecified atom stereocenters. The van der Waals surface area contributed by atoms with Gasteiger partial charge in [0.1, 0.15) is 0 Å². The molecule has 0 radical (unpaired) electrons. The van der Waals surface area contributed by atoms with E-state index in [0.717, 1.165) is 18.7 Å². The number of hydrogen-bond donors (Lipinski definition) is 1. The molecule has 0 fully saturated rings. The van der Waals surface area contributed by atoms with Crippen molar-refractivity contribution in [2.75, 3.05) is 5.32 Å². The van der Waals surface area contributed by atoms with Crippen LogP contribution in [0.1, 0.15) is 18.1 Å². The van der Waals surface area contributed by atoms with Crippen LogP contribution in [0.15, 0.2) is 60.9 Å². The van der Waals surface area contributed by atoms with Gasteiger partial charge in [0.25, 0.3) is 0 Å². The summed E-state index contributed by atoms with van der Waals surface area (Å²) in [6.45, 7) is 3.01. The number of aromatic nitrogens is 1. The molecule has 2 heteroatoms. The molecule has 0 spiro atoms. The van der Waals surface area contributed by atoms with Gasteiger partial charge in [0.05, 0.1) is 0 Å². The highest BCUT2D eigenvalue weighted by Gasteiger charge is 2.00. The van der Waals surface area contributed by atoms with Gasteiger partial charge in [-0.1, -0.05) is 43.3 Å². The molecule has 0 saturated heterocycles. The minimum absolute atomic E-state index is 0.831. The van der Waals surface area contributed by atoms with E-state index in [1.165, 1.54) is 21.9 Å². The monoisotopic (exact) mass is 262 g/mol. The Bertz CT molecular complexity index is 697. The first kappa shape index (κ1) is 12.7. The molecule has 0 aliphatic heterocycles. The molecule has 0 bridgehead atoms. The lowest BCUT2D eigenvalue weighted by Gasteiger charge is -2.10. The molecular formula is C18H18N2. The fourth-order valence-corrected chi connectivity index (χ4v) is 2.36. The second-order valence-corrected chi connectivity index (χ2v) is 4.93. The molecule has 3 aromatic rings. The largest absolute Gasteiger partial charge is 0.380 e. The third kappa shape index (κ3) is 2.64. The van der Waals surface area contributed by atoms with Crippen LogP contribution in [-0.2, 0) is 13.0 Å². The Hall–Kier alpha value is -2.35. The van der Waals surface area contributed by atoms with Gasteiger partial charge in [0, 0.05) is 30.0 Å². The summed E-state index contributed by atoms with van der Waals surface area (Å²) in [6.07, 6.45) is 4.83. The molecule has 0 aliphatic rings. The Morgan fingerprint density at radius 2 is 1.75 bits per heavy atom. The van der Waals surface area contributed by atoms with Crippen LogP contribution in [0.4, 0.5) is 5.69 Å². The summed E-state index contributed by atoms with van der Waals surface area (Å²) in [5.74, 6) is 0. The fraction of sp³-hybridized carbons (Fsp3) is 0.167. The van der Waals surface area contributed by atoms with Crippen LogP contribution in [0.2, 0.25) is 0 Å². The second-order valence-electron chi connectivity index (χ2n) is 4.93. The highest BCUT2D eigenvalue weighted by molar-refractivity contribution is 5.93. The summed E-state index contributed by atoms with van der Waals surface area (Å²) in [7, 11) is 0. The first-order valence-electron chi connectivity index (χ1n) is 7.01. The van der Waals surface area contributed by atoms with Gasteiger partial charge in [0.15, 0.2) is 0 Å². The van der Waals surface area contributed by atoms with E-state index in [9.17, 15) is 0 Å². The predicted molar refractivity (Wildman–Crippen MR) is 84.9 cm³/mol. The number of nitrogens with one attached hydrogen (secondary N) is 1. The lowest BCUT2D eigenvalue weighted by Crippen LogP contribution is -2.00. The minimum Gasteiger partial charge on any atom is -0.380 e. The third-order valence-corrected chi connectivity index (χ3v) is 3.60. The van der Waals surface area contributed by atoms with Gasteiger partial charge in [-0.25, -0.2) is 0 Å². The van der Waals surface area contributed by atoms with E-state index in [-0.39, 0.29) is 0 Å². The molecule has 1 N–H and O–H groups in total. The number of hydrogen-bond acceptors (Lipinski definition) is 2. The van der Waals surface area contributed by atoms with Gasteiger partial charge < -0.3 is 5.32 Å². The van der Waals surface area contributed by atoms with Gasteiger partial charge in [-0.05, 0) is 35.1 Å². The summed E-state index contributed by atoms with van der Waals surface area (Å²) >= 11 is 0. The Kier molecular flexibility index (Phi) is 3.64. The molecular weight excluding hydrogens is 244 g/mol. The zero-order chi connectivity index (χ0) is 13.8. The molecule has 3 rings (SSSR count). The van der Waals surface area contributed by atoms with E-state index >= 15 is 0 Å². The maximum absolute atomic E-state index is 4.21. The predicted octanol–water partition coefficient (Wildman–Crippen LogP) is 4.41. The standard InChI is InChI=1S/C18H18N2/c1-2-14-6-8-15(9-7-14)12-20-18-5-3-4-16-10-11-19-13-17(16)18/h3-11,13,20H,2,12H2,1H3. The van der Waals surface area contributed by atoms with Crippen molar-refractivity contribution in [3.05, 3.63) is 72.1 Å². The molecule has 0 aliphatic carbocycles. The van der Waals surface area contributed by atoms with Crippen molar-refractivity contribution in [1.29, 1.82) is 0 Å². The normalized spacial score (nSPS) is 10.7. The molecule has 0 atom stereocenters. The number of anilines is 1. The van der Waals surface area contributed by atoms with Gasteiger partial charge in [-0.2, -0.15) is 0 Å². The first-order valence-corrected chi connectivity index (χ1v) is 7.01. The van der Waals surface area contributed by atoms with E-state index in [1.807, 2.05) is 18.5 Å². The van der Waals surface area contributed by atoms with E-state index in [0.29, 0.717) is 0 Å². The van der Waals surface area contributed by atoms with Crippen molar-refractivity contribution in [3.8, 4) is 0 Å². The van der Waals surface area contributed by atoms with Crippen LogP contribution in [0.25, 0.3) is 10.8 Å². The molecule has 2 aromatic carbocycles. The summed E-state index contributed by atoms with van der Waals surface area (Å²) in [4.78, 5) is 4.21.